The van der Waals surface area contributed by atoms with Crippen LogP contribution >= 0.6 is 0 Å². The van der Waals surface area contributed by atoms with Crippen LogP contribution in [0.5, 0.6) is 0 Å². The lowest BCUT2D eigenvalue weighted by Gasteiger charge is -2.20. The molecule has 0 aliphatic carbocycles. The fourth-order valence-corrected chi connectivity index (χ4v) is 2.80. The number of carbonyl (C=O) groups excluding carboxylic acids is 1. The molecule has 0 saturated heterocycles. The number of hydrogen-bond acceptors (Lipinski definition) is 3. The van der Waals surface area contributed by atoms with Crippen molar-refractivity contribution in [3.63, 3.8) is 0 Å². The minimum Gasteiger partial charge on any atom is -0.326 e. The van der Waals surface area contributed by atoms with Crippen molar-refractivity contribution in [2.45, 2.75) is 6.17 Å². The fraction of sp³-hybridized carbons (Fsp3) is 0.0500. The molecule has 0 aliphatic rings. The normalized spacial score (nSPS) is 12.0. The number of aromatic nitrogens is 3. The Morgan fingerprint density at radius 1 is 0.840 bits per heavy atom. The monoisotopic (exact) mass is 328 g/mol. The van der Waals surface area contributed by atoms with Crippen LogP contribution in [0.15, 0.2) is 84.9 Å². The molecule has 1 amide bonds. The maximum atomic E-state index is 12.7. The Morgan fingerprint density at radius 3 is 2.24 bits per heavy atom. The lowest BCUT2D eigenvalue weighted by molar-refractivity contribution is 0.0927. The Kier molecular flexibility index (Phi) is 3.96. The quantitative estimate of drug-likeness (QED) is 0.624. The molecule has 0 saturated carbocycles. The average molecular weight is 328 g/mol. The largest absolute Gasteiger partial charge is 0.326 e. The highest BCUT2D eigenvalue weighted by atomic mass is 16.1. The van der Waals surface area contributed by atoms with E-state index in [1.165, 1.54) is 0 Å². The molecular weight excluding hydrogens is 312 g/mol. The van der Waals surface area contributed by atoms with E-state index in [9.17, 15) is 4.79 Å². The molecule has 3 aromatic carbocycles. The summed E-state index contributed by atoms with van der Waals surface area (Å²) in [4.78, 5) is 12.7. The zero-order chi connectivity index (χ0) is 17.1. The van der Waals surface area contributed by atoms with Crippen molar-refractivity contribution in [3.8, 4) is 0 Å². The highest BCUT2D eigenvalue weighted by Crippen LogP contribution is 2.20. The molecule has 1 aromatic heterocycles. The summed E-state index contributed by atoms with van der Waals surface area (Å²) in [6.07, 6.45) is -0.443. The number of nitrogens with one attached hydrogen (secondary N) is 1. The van der Waals surface area contributed by atoms with Gasteiger partial charge < -0.3 is 5.32 Å². The van der Waals surface area contributed by atoms with Crippen molar-refractivity contribution in [2.75, 3.05) is 0 Å². The van der Waals surface area contributed by atoms with Crippen LogP contribution in [0, 0.1) is 0 Å². The number of fused-ring (bicyclic) bond motifs is 1. The number of para-hydroxylation sites is 1. The van der Waals surface area contributed by atoms with Crippen LogP contribution in [0.4, 0.5) is 0 Å². The number of nitrogens with zero attached hydrogens (tertiary/aromatic N) is 3. The van der Waals surface area contributed by atoms with Gasteiger partial charge in [-0.05, 0) is 29.8 Å². The van der Waals surface area contributed by atoms with E-state index < -0.39 is 6.17 Å². The lowest BCUT2D eigenvalue weighted by Crippen LogP contribution is -2.33. The van der Waals surface area contributed by atoms with Crippen molar-refractivity contribution in [2.24, 2.45) is 0 Å². The Hall–Kier alpha value is -3.47. The summed E-state index contributed by atoms with van der Waals surface area (Å²) in [5, 5.41) is 11.5. The third-order valence-electron chi connectivity index (χ3n) is 4.04. The molecule has 4 rings (SSSR count). The molecule has 122 valence electrons. The molecule has 4 aromatic rings. The molecule has 0 fully saturated rings. The van der Waals surface area contributed by atoms with Crippen LogP contribution in [0.1, 0.15) is 22.1 Å². The van der Waals surface area contributed by atoms with E-state index in [0.717, 1.165) is 16.6 Å². The topological polar surface area (TPSA) is 59.8 Å². The highest BCUT2D eigenvalue weighted by molar-refractivity contribution is 5.94. The maximum Gasteiger partial charge on any atom is 0.253 e. The van der Waals surface area contributed by atoms with E-state index in [0.29, 0.717) is 5.56 Å². The van der Waals surface area contributed by atoms with E-state index in [1.54, 1.807) is 16.8 Å². The predicted molar refractivity (Wildman–Crippen MR) is 96.0 cm³/mol. The van der Waals surface area contributed by atoms with Gasteiger partial charge in [-0.15, -0.1) is 5.10 Å². The summed E-state index contributed by atoms with van der Waals surface area (Å²) in [5.74, 6) is -0.158. The van der Waals surface area contributed by atoms with Crippen LogP contribution in [0.25, 0.3) is 11.0 Å². The van der Waals surface area contributed by atoms with E-state index in [-0.39, 0.29) is 5.91 Å². The van der Waals surface area contributed by atoms with Crippen molar-refractivity contribution < 1.29 is 4.79 Å². The van der Waals surface area contributed by atoms with Gasteiger partial charge in [-0.1, -0.05) is 65.9 Å². The second-order valence-corrected chi connectivity index (χ2v) is 5.68. The number of carbonyl (C=O) groups is 1. The van der Waals surface area contributed by atoms with Gasteiger partial charge in [0.25, 0.3) is 5.91 Å². The SMILES string of the molecule is O=C(N[C@@H](c1ccccc1)n1nnc2ccccc21)c1ccccc1. The second-order valence-electron chi connectivity index (χ2n) is 5.68. The Bertz CT molecular complexity index is 996. The lowest BCUT2D eigenvalue weighted by atomic mass is 10.1. The Labute approximate surface area is 144 Å². The van der Waals surface area contributed by atoms with Crippen molar-refractivity contribution in [3.05, 3.63) is 96.1 Å². The Morgan fingerprint density at radius 2 is 1.48 bits per heavy atom. The van der Waals surface area contributed by atoms with Gasteiger partial charge in [0.1, 0.15) is 5.52 Å². The zero-order valence-corrected chi connectivity index (χ0v) is 13.4. The molecule has 1 atom stereocenters. The zero-order valence-electron chi connectivity index (χ0n) is 13.4. The predicted octanol–water partition coefficient (Wildman–Crippen LogP) is 3.41. The number of benzene rings is 3. The van der Waals surface area contributed by atoms with Gasteiger partial charge in [-0.2, -0.15) is 0 Å². The molecular formula is C20H16N4O. The van der Waals surface area contributed by atoms with Crippen LogP contribution in [-0.4, -0.2) is 20.9 Å². The Balaban J connectivity index is 1.76. The summed E-state index contributed by atoms with van der Waals surface area (Å²) >= 11 is 0. The minimum atomic E-state index is -0.443. The first-order valence-corrected chi connectivity index (χ1v) is 8.04. The van der Waals surface area contributed by atoms with Crippen LogP contribution in [0.2, 0.25) is 0 Å². The van der Waals surface area contributed by atoms with Gasteiger partial charge in [0, 0.05) is 5.56 Å². The van der Waals surface area contributed by atoms with Gasteiger partial charge in [-0.25, -0.2) is 4.68 Å². The van der Waals surface area contributed by atoms with Gasteiger partial charge in [0.2, 0.25) is 0 Å². The van der Waals surface area contributed by atoms with Crippen molar-refractivity contribution >= 4 is 16.9 Å². The van der Waals surface area contributed by atoms with Crippen LogP contribution < -0.4 is 5.32 Å². The van der Waals surface area contributed by atoms with E-state index in [1.807, 2.05) is 72.8 Å². The van der Waals surface area contributed by atoms with E-state index >= 15 is 0 Å². The first-order valence-electron chi connectivity index (χ1n) is 8.04. The third kappa shape index (κ3) is 2.99. The standard InChI is InChI=1S/C20H16N4O/c25-20(16-11-5-2-6-12-16)21-19(15-9-3-1-4-10-15)24-18-14-8-7-13-17(18)22-23-24/h1-14,19H,(H,21,25)/t19-/m1/s1. The molecule has 0 radical (unpaired) electrons. The summed E-state index contributed by atoms with van der Waals surface area (Å²) in [6.45, 7) is 0. The van der Waals surface area contributed by atoms with Crippen LogP contribution in [0.3, 0.4) is 0 Å². The smallest absolute Gasteiger partial charge is 0.253 e. The van der Waals surface area contributed by atoms with Gasteiger partial charge in [0.05, 0.1) is 5.52 Å². The third-order valence-corrected chi connectivity index (χ3v) is 4.04. The van der Waals surface area contributed by atoms with E-state index in [2.05, 4.69) is 15.6 Å². The first-order chi connectivity index (χ1) is 12.3. The summed E-state index contributed by atoms with van der Waals surface area (Å²) < 4.78 is 1.74. The summed E-state index contributed by atoms with van der Waals surface area (Å²) in [5.41, 5.74) is 3.19. The van der Waals surface area contributed by atoms with Crippen molar-refractivity contribution in [1.82, 2.24) is 20.3 Å². The van der Waals surface area contributed by atoms with Gasteiger partial charge in [-0.3, -0.25) is 4.79 Å². The fourth-order valence-electron chi connectivity index (χ4n) is 2.80. The molecule has 0 spiro atoms. The summed E-state index contributed by atoms with van der Waals surface area (Å²) in [7, 11) is 0. The summed E-state index contributed by atoms with van der Waals surface area (Å²) in [6, 6.07) is 26.6. The maximum absolute atomic E-state index is 12.7. The molecule has 1 heterocycles. The van der Waals surface area contributed by atoms with Gasteiger partial charge in [0.15, 0.2) is 6.17 Å². The first kappa shape index (κ1) is 15.1. The molecule has 1 N–H and O–H groups in total. The van der Waals surface area contributed by atoms with Crippen molar-refractivity contribution in [1.29, 1.82) is 0 Å². The van der Waals surface area contributed by atoms with E-state index in [4.69, 9.17) is 0 Å². The molecule has 5 nitrogen and oxygen atoms in total. The number of rotatable bonds is 4. The molecule has 5 heteroatoms. The molecule has 0 unspecified atom stereocenters. The molecule has 0 bridgehead atoms. The molecule has 25 heavy (non-hydrogen) atoms. The second kappa shape index (κ2) is 6.57. The highest BCUT2D eigenvalue weighted by Gasteiger charge is 2.20. The van der Waals surface area contributed by atoms with Crippen LogP contribution in [-0.2, 0) is 0 Å². The number of hydrogen-bond donors (Lipinski definition) is 1. The minimum absolute atomic E-state index is 0.158. The average Bonchev–Trinajstić information content (AvgIpc) is 3.11. The van der Waals surface area contributed by atoms with Gasteiger partial charge >= 0.3 is 0 Å². The number of amides is 1. The molecule has 0 aliphatic heterocycles.